The molecule has 1 rings (SSSR count). The largest absolute Gasteiger partial charge is 0.313 e. The number of hydrogen-bond acceptors (Lipinski definition) is 4. The van der Waals surface area contributed by atoms with Crippen LogP contribution in [0.2, 0.25) is 0 Å². The zero-order valence-electron chi connectivity index (χ0n) is 9.23. The Bertz CT molecular complexity index is 384. The Balaban J connectivity index is 2.88. The molecule has 0 saturated heterocycles. The van der Waals surface area contributed by atoms with E-state index in [1.807, 2.05) is 13.8 Å². The Labute approximate surface area is 95.4 Å². The molecule has 0 amide bonds. The SMILES string of the molecule is CCNC(C)C(C)S(=O)(=O)c1cccs1. The minimum Gasteiger partial charge on any atom is -0.313 e. The van der Waals surface area contributed by atoms with E-state index in [1.54, 1.807) is 24.4 Å². The number of nitrogens with one attached hydrogen (secondary N) is 1. The summed E-state index contributed by atoms with van der Waals surface area (Å²) in [6, 6.07) is 3.40. The first-order valence-corrected chi connectivity index (χ1v) is 7.43. The third-order valence-electron chi connectivity index (χ3n) is 2.50. The lowest BCUT2D eigenvalue weighted by atomic mass is 10.2. The molecule has 2 unspecified atom stereocenters. The topological polar surface area (TPSA) is 46.2 Å². The highest BCUT2D eigenvalue weighted by Crippen LogP contribution is 2.22. The minimum atomic E-state index is -3.16. The number of hydrogen-bond donors (Lipinski definition) is 1. The van der Waals surface area contributed by atoms with Crippen molar-refractivity contribution in [1.29, 1.82) is 0 Å². The second-order valence-electron chi connectivity index (χ2n) is 3.53. The molecule has 86 valence electrons. The van der Waals surface area contributed by atoms with E-state index in [1.165, 1.54) is 11.3 Å². The molecule has 0 aliphatic carbocycles. The summed E-state index contributed by atoms with van der Waals surface area (Å²) in [6.45, 7) is 6.41. The fraction of sp³-hybridized carbons (Fsp3) is 0.600. The van der Waals surface area contributed by atoms with Crippen molar-refractivity contribution in [3.63, 3.8) is 0 Å². The second kappa shape index (κ2) is 5.09. The zero-order chi connectivity index (χ0) is 11.5. The van der Waals surface area contributed by atoms with E-state index in [4.69, 9.17) is 0 Å². The quantitative estimate of drug-likeness (QED) is 0.864. The Morgan fingerprint density at radius 1 is 1.47 bits per heavy atom. The molecule has 15 heavy (non-hydrogen) atoms. The molecule has 2 atom stereocenters. The summed E-state index contributed by atoms with van der Waals surface area (Å²) >= 11 is 1.28. The summed E-state index contributed by atoms with van der Waals surface area (Å²) in [4.78, 5) is 0. The Kier molecular flexibility index (Phi) is 4.31. The summed E-state index contributed by atoms with van der Waals surface area (Å²) in [5.41, 5.74) is 0. The van der Waals surface area contributed by atoms with Gasteiger partial charge in [0.25, 0.3) is 0 Å². The fourth-order valence-electron chi connectivity index (χ4n) is 1.37. The Morgan fingerprint density at radius 3 is 2.60 bits per heavy atom. The van der Waals surface area contributed by atoms with Crippen molar-refractivity contribution < 1.29 is 8.42 Å². The molecule has 1 aromatic heterocycles. The number of rotatable bonds is 5. The smallest absolute Gasteiger partial charge is 0.191 e. The van der Waals surface area contributed by atoms with Crippen LogP contribution < -0.4 is 5.32 Å². The average molecular weight is 247 g/mol. The van der Waals surface area contributed by atoms with Crippen molar-refractivity contribution >= 4 is 21.2 Å². The van der Waals surface area contributed by atoms with E-state index in [0.29, 0.717) is 4.21 Å². The van der Waals surface area contributed by atoms with Crippen LogP contribution in [0.1, 0.15) is 20.8 Å². The molecule has 0 radical (unpaired) electrons. The molecule has 0 fully saturated rings. The molecule has 0 saturated carbocycles. The monoisotopic (exact) mass is 247 g/mol. The molecule has 1 heterocycles. The van der Waals surface area contributed by atoms with Crippen LogP contribution in [0.15, 0.2) is 21.7 Å². The van der Waals surface area contributed by atoms with Gasteiger partial charge in [-0.2, -0.15) is 0 Å². The van der Waals surface area contributed by atoms with Crippen LogP contribution in [0.4, 0.5) is 0 Å². The van der Waals surface area contributed by atoms with Gasteiger partial charge in [0.15, 0.2) is 9.84 Å². The first-order chi connectivity index (χ1) is 7.00. The molecule has 3 nitrogen and oxygen atoms in total. The summed E-state index contributed by atoms with van der Waals surface area (Å²) in [5, 5.41) is 4.54. The summed E-state index contributed by atoms with van der Waals surface area (Å²) in [7, 11) is -3.16. The van der Waals surface area contributed by atoms with Crippen molar-refractivity contribution in [3.05, 3.63) is 17.5 Å². The lowest BCUT2D eigenvalue weighted by molar-refractivity contribution is 0.522. The van der Waals surface area contributed by atoms with E-state index in [-0.39, 0.29) is 6.04 Å². The van der Waals surface area contributed by atoms with Crippen molar-refractivity contribution in [3.8, 4) is 0 Å². The summed E-state index contributed by atoms with van der Waals surface area (Å²) in [5.74, 6) is 0. The molecule has 0 spiro atoms. The van der Waals surface area contributed by atoms with Crippen molar-refractivity contribution in [1.82, 2.24) is 5.32 Å². The predicted molar refractivity (Wildman–Crippen MR) is 64.1 cm³/mol. The molecule has 0 aliphatic heterocycles. The van der Waals surface area contributed by atoms with Gasteiger partial charge in [0.1, 0.15) is 4.21 Å². The highest BCUT2D eigenvalue weighted by atomic mass is 32.2. The minimum absolute atomic E-state index is 0.0258. The maximum atomic E-state index is 12.1. The van der Waals surface area contributed by atoms with Crippen LogP contribution in [-0.4, -0.2) is 26.3 Å². The molecular weight excluding hydrogens is 230 g/mol. The average Bonchev–Trinajstić information content (AvgIpc) is 2.70. The van der Waals surface area contributed by atoms with E-state index < -0.39 is 15.1 Å². The van der Waals surface area contributed by atoms with Gasteiger partial charge in [-0.25, -0.2) is 8.42 Å². The predicted octanol–water partition coefficient (Wildman–Crippen LogP) is 1.91. The van der Waals surface area contributed by atoms with Gasteiger partial charge in [0.2, 0.25) is 0 Å². The number of sulfone groups is 1. The van der Waals surface area contributed by atoms with Crippen LogP contribution in [0.25, 0.3) is 0 Å². The third kappa shape index (κ3) is 2.80. The molecule has 0 aromatic carbocycles. The molecule has 0 aliphatic rings. The zero-order valence-corrected chi connectivity index (χ0v) is 10.9. The van der Waals surface area contributed by atoms with Crippen LogP contribution in [0.3, 0.4) is 0 Å². The normalized spacial score (nSPS) is 16.2. The second-order valence-corrected chi connectivity index (χ2v) is 7.01. The first kappa shape index (κ1) is 12.7. The van der Waals surface area contributed by atoms with Crippen molar-refractivity contribution in [2.24, 2.45) is 0 Å². The standard InChI is InChI=1S/C10H17NO2S2/c1-4-11-8(2)9(3)15(12,13)10-6-5-7-14-10/h5-9,11H,4H2,1-3H3. The van der Waals surface area contributed by atoms with E-state index in [2.05, 4.69) is 5.32 Å². The van der Waals surface area contributed by atoms with Gasteiger partial charge in [-0.1, -0.05) is 13.0 Å². The maximum Gasteiger partial charge on any atom is 0.191 e. The van der Waals surface area contributed by atoms with Gasteiger partial charge in [-0.15, -0.1) is 11.3 Å². The lowest BCUT2D eigenvalue weighted by Crippen LogP contribution is -2.39. The van der Waals surface area contributed by atoms with Gasteiger partial charge < -0.3 is 5.32 Å². The van der Waals surface area contributed by atoms with Crippen LogP contribution in [-0.2, 0) is 9.84 Å². The highest BCUT2D eigenvalue weighted by Gasteiger charge is 2.28. The third-order valence-corrected chi connectivity index (χ3v) is 6.23. The molecular formula is C10H17NO2S2. The fourth-order valence-corrected chi connectivity index (χ4v) is 4.24. The van der Waals surface area contributed by atoms with Gasteiger partial charge in [0, 0.05) is 6.04 Å². The van der Waals surface area contributed by atoms with Crippen molar-refractivity contribution in [2.45, 2.75) is 36.3 Å². The van der Waals surface area contributed by atoms with Crippen LogP contribution >= 0.6 is 11.3 Å². The molecule has 1 N–H and O–H groups in total. The maximum absolute atomic E-state index is 12.1. The number of thiophene rings is 1. The molecule has 1 aromatic rings. The molecule has 5 heteroatoms. The van der Waals surface area contributed by atoms with Gasteiger partial charge in [-0.05, 0) is 31.8 Å². The van der Waals surface area contributed by atoms with Gasteiger partial charge >= 0.3 is 0 Å². The Hall–Kier alpha value is -0.390. The highest BCUT2D eigenvalue weighted by molar-refractivity contribution is 7.94. The van der Waals surface area contributed by atoms with E-state index in [0.717, 1.165) is 6.54 Å². The van der Waals surface area contributed by atoms with Crippen LogP contribution in [0.5, 0.6) is 0 Å². The van der Waals surface area contributed by atoms with Gasteiger partial charge in [-0.3, -0.25) is 0 Å². The van der Waals surface area contributed by atoms with E-state index >= 15 is 0 Å². The first-order valence-electron chi connectivity index (χ1n) is 5.01. The molecule has 0 bridgehead atoms. The van der Waals surface area contributed by atoms with Crippen molar-refractivity contribution in [2.75, 3.05) is 6.54 Å². The lowest BCUT2D eigenvalue weighted by Gasteiger charge is -2.20. The summed E-state index contributed by atoms with van der Waals surface area (Å²) in [6.07, 6.45) is 0. The Morgan fingerprint density at radius 2 is 2.13 bits per heavy atom. The van der Waals surface area contributed by atoms with Crippen LogP contribution in [0, 0.1) is 0 Å². The van der Waals surface area contributed by atoms with E-state index in [9.17, 15) is 8.42 Å². The van der Waals surface area contributed by atoms with Gasteiger partial charge in [0.05, 0.1) is 5.25 Å². The summed E-state index contributed by atoms with van der Waals surface area (Å²) < 4.78 is 24.6.